The fourth-order valence-electron chi connectivity index (χ4n) is 2.92. The molecule has 3 heterocycles. The lowest BCUT2D eigenvalue weighted by molar-refractivity contribution is 0.0409. The van der Waals surface area contributed by atoms with Crippen LogP contribution >= 0.6 is 34.4 Å². The molecule has 3 aromatic rings. The summed E-state index contributed by atoms with van der Waals surface area (Å²) in [6.07, 6.45) is 4.67. The number of ether oxygens (including phenoxy) is 1. The van der Waals surface area contributed by atoms with E-state index in [0.29, 0.717) is 19.0 Å². The predicted molar refractivity (Wildman–Crippen MR) is 100 cm³/mol. The SMILES string of the molecule is O[C@@H](COCc1cccs1)CSc1ncnc2sc3c(c12)CCC3. The number of nitrogens with zero attached hydrogens (tertiary/aromatic N) is 2. The van der Waals surface area contributed by atoms with Gasteiger partial charge in [0.05, 0.1) is 19.3 Å². The van der Waals surface area contributed by atoms with Gasteiger partial charge in [0, 0.05) is 20.9 Å². The summed E-state index contributed by atoms with van der Waals surface area (Å²) in [7, 11) is 0. The molecule has 3 aromatic heterocycles. The molecular formula is C17H18N2O2S3. The highest BCUT2D eigenvalue weighted by atomic mass is 32.2. The van der Waals surface area contributed by atoms with Crippen LogP contribution in [0.15, 0.2) is 28.9 Å². The van der Waals surface area contributed by atoms with Crippen molar-refractivity contribution in [2.24, 2.45) is 0 Å². The second-order valence-corrected chi connectivity index (χ2v) is 8.90. The molecule has 0 aromatic carbocycles. The number of rotatable bonds is 7. The van der Waals surface area contributed by atoms with Crippen molar-refractivity contribution in [3.63, 3.8) is 0 Å². The first-order chi connectivity index (χ1) is 11.8. The Hall–Kier alpha value is -0.990. The average Bonchev–Trinajstić information content (AvgIpc) is 3.29. The summed E-state index contributed by atoms with van der Waals surface area (Å²) in [5.41, 5.74) is 1.43. The number of fused-ring (bicyclic) bond motifs is 3. The number of aromatic nitrogens is 2. The standard InChI is InChI=1S/C17H18N2O2S3/c20-11(7-21-8-12-3-2-6-22-12)9-23-16-15-13-4-1-5-14(13)24-17(15)19-10-18-16/h2-3,6,10-11,20H,1,4-5,7-9H2/t11-/m0/s1. The van der Waals surface area contributed by atoms with Gasteiger partial charge >= 0.3 is 0 Å². The fourth-order valence-corrected chi connectivity index (χ4v) is 5.79. The van der Waals surface area contributed by atoms with Gasteiger partial charge in [-0.15, -0.1) is 34.4 Å². The smallest absolute Gasteiger partial charge is 0.128 e. The van der Waals surface area contributed by atoms with E-state index in [-0.39, 0.29) is 0 Å². The molecule has 126 valence electrons. The quantitative estimate of drug-likeness (QED) is 0.499. The first-order valence-electron chi connectivity index (χ1n) is 7.97. The van der Waals surface area contributed by atoms with E-state index in [0.717, 1.165) is 16.3 Å². The third-order valence-electron chi connectivity index (χ3n) is 4.01. The fraction of sp³-hybridized carbons (Fsp3) is 0.412. The zero-order valence-corrected chi connectivity index (χ0v) is 15.6. The molecule has 0 radical (unpaired) electrons. The van der Waals surface area contributed by atoms with Crippen LogP contribution in [0.2, 0.25) is 0 Å². The third-order valence-corrected chi connectivity index (χ3v) is 7.20. The zero-order chi connectivity index (χ0) is 16.4. The van der Waals surface area contributed by atoms with E-state index >= 15 is 0 Å². The lowest BCUT2D eigenvalue weighted by Crippen LogP contribution is -2.17. The average molecular weight is 379 g/mol. The lowest BCUT2D eigenvalue weighted by atomic mass is 10.2. The highest BCUT2D eigenvalue weighted by Crippen LogP contribution is 2.40. The van der Waals surface area contributed by atoms with Gasteiger partial charge in [0.1, 0.15) is 16.2 Å². The molecule has 1 aliphatic carbocycles. The summed E-state index contributed by atoms with van der Waals surface area (Å²) in [5, 5.41) is 14.4. The minimum absolute atomic E-state index is 0.348. The van der Waals surface area contributed by atoms with Crippen molar-refractivity contribution >= 4 is 44.7 Å². The van der Waals surface area contributed by atoms with Gasteiger partial charge in [0.15, 0.2) is 0 Å². The molecule has 0 spiro atoms. The van der Waals surface area contributed by atoms with Crippen molar-refractivity contribution in [1.82, 2.24) is 9.97 Å². The molecule has 24 heavy (non-hydrogen) atoms. The van der Waals surface area contributed by atoms with Crippen LogP contribution in [-0.2, 0) is 24.2 Å². The van der Waals surface area contributed by atoms with E-state index in [1.165, 1.54) is 33.5 Å². The summed E-state index contributed by atoms with van der Waals surface area (Å²) < 4.78 is 5.59. The van der Waals surface area contributed by atoms with Crippen LogP contribution in [0.1, 0.15) is 21.7 Å². The molecule has 0 aliphatic heterocycles. The number of thiophene rings is 2. The van der Waals surface area contributed by atoms with Crippen molar-refractivity contribution in [3.8, 4) is 0 Å². The van der Waals surface area contributed by atoms with Crippen LogP contribution < -0.4 is 0 Å². The summed E-state index contributed by atoms with van der Waals surface area (Å²) in [6, 6.07) is 4.05. The van der Waals surface area contributed by atoms with Gasteiger partial charge in [0.2, 0.25) is 0 Å². The summed E-state index contributed by atoms with van der Waals surface area (Å²) in [5.74, 6) is 0.584. The zero-order valence-electron chi connectivity index (χ0n) is 13.1. The Balaban J connectivity index is 1.36. The molecule has 0 saturated carbocycles. The molecule has 4 nitrogen and oxygen atoms in total. The van der Waals surface area contributed by atoms with Gasteiger partial charge in [-0.25, -0.2) is 9.97 Å². The Kier molecular flexibility index (Phi) is 5.14. The number of hydrogen-bond acceptors (Lipinski definition) is 7. The van der Waals surface area contributed by atoms with Gasteiger partial charge in [-0.3, -0.25) is 0 Å². The van der Waals surface area contributed by atoms with Gasteiger partial charge in [-0.05, 0) is 36.3 Å². The lowest BCUT2D eigenvalue weighted by Gasteiger charge is -2.11. The maximum Gasteiger partial charge on any atom is 0.128 e. The summed E-state index contributed by atoms with van der Waals surface area (Å²) in [4.78, 5) is 12.6. The van der Waals surface area contributed by atoms with Gasteiger partial charge in [-0.1, -0.05) is 6.07 Å². The van der Waals surface area contributed by atoms with E-state index in [1.807, 2.05) is 17.5 Å². The maximum atomic E-state index is 10.2. The molecule has 4 rings (SSSR count). The van der Waals surface area contributed by atoms with E-state index in [1.54, 1.807) is 40.8 Å². The van der Waals surface area contributed by atoms with Crippen molar-refractivity contribution in [3.05, 3.63) is 39.2 Å². The highest BCUT2D eigenvalue weighted by molar-refractivity contribution is 7.99. The number of aryl methyl sites for hydroxylation is 2. The van der Waals surface area contributed by atoms with Crippen molar-refractivity contribution in [2.75, 3.05) is 12.4 Å². The van der Waals surface area contributed by atoms with Gasteiger partial charge < -0.3 is 9.84 Å². The van der Waals surface area contributed by atoms with E-state index in [4.69, 9.17) is 4.74 Å². The largest absolute Gasteiger partial charge is 0.390 e. The monoisotopic (exact) mass is 378 g/mol. The minimum atomic E-state index is -0.494. The molecular weight excluding hydrogens is 360 g/mol. The predicted octanol–water partition coefficient (Wildman–Crippen LogP) is 3.91. The number of hydrogen-bond donors (Lipinski definition) is 1. The minimum Gasteiger partial charge on any atom is -0.390 e. The van der Waals surface area contributed by atoms with Gasteiger partial charge in [-0.2, -0.15) is 0 Å². The van der Waals surface area contributed by atoms with E-state index < -0.39 is 6.10 Å². The van der Waals surface area contributed by atoms with Gasteiger partial charge in [0.25, 0.3) is 0 Å². The molecule has 0 unspecified atom stereocenters. The Morgan fingerprint density at radius 2 is 2.29 bits per heavy atom. The Morgan fingerprint density at radius 1 is 1.33 bits per heavy atom. The normalized spacial score (nSPS) is 15.0. The van der Waals surface area contributed by atoms with E-state index in [2.05, 4.69) is 9.97 Å². The Bertz CT molecular complexity index is 817. The first-order valence-corrected chi connectivity index (χ1v) is 10.7. The molecule has 0 saturated heterocycles. The molecule has 1 aliphatic rings. The van der Waals surface area contributed by atoms with Crippen LogP contribution in [0, 0.1) is 0 Å². The summed E-state index contributed by atoms with van der Waals surface area (Å²) in [6.45, 7) is 0.913. The molecule has 0 amide bonds. The second kappa shape index (κ2) is 7.49. The number of aliphatic hydroxyl groups is 1. The van der Waals surface area contributed by atoms with E-state index in [9.17, 15) is 5.11 Å². The second-order valence-electron chi connectivity index (χ2n) is 5.78. The topological polar surface area (TPSA) is 55.2 Å². The van der Waals surface area contributed by atoms with Crippen LogP contribution in [0.4, 0.5) is 0 Å². The highest BCUT2D eigenvalue weighted by Gasteiger charge is 2.21. The number of aliphatic hydroxyl groups excluding tert-OH is 1. The van der Waals surface area contributed by atoms with Crippen molar-refractivity contribution < 1.29 is 9.84 Å². The summed E-state index contributed by atoms with van der Waals surface area (Å²) >= 11 is 5.07. The molecule has 1 atom stereocenters. The Labute approximate surface area is 152 Å². The first kappa shape index (κ1) is 16.5. The molecule has 0 fully saturated rings. The van der Waals surface area contributed by atoms with Crippen LogP contribution in [0.5, 0.6) is 0 Å². The maximum absolute atomic E-state index is 10.2. The molecule has 1 N–H and O–H groups in total. The van der Waals surface area contributed by atoms with Crippen molar-refractivity contribution in [1.29, 1.82) is 0 Å². The third kappa shape index (κ3) is 3.50. The molecule has 0 bridgehead atoms. The number of thioether (sulfide) groups is 1. The van der Waals surface area contributed by atoms with Crippen LogP contribution in [0.3, 0.4) is 0 Å². The molecule has 7 heteroatoms. The van der Waals surface area contributed by atoms with Crippen LogP contribution in [0.25, 0.3) is 10.2 Å². The Morgan fingerprint density at radius 3 is 3.17 bits per heavy atom. The van der Waals surface area contributed by atoms with Crippen molar-refractivity contribution in [2.45, 2.75) is 37.0 Å². The van der Waals surface area contributed by atoms with Crippen LogP contribution in [-0.4, -0.2) is 33.5 Å².